The molecule has 6 rings (SSSR count). The summed E-state index contributed by atoms with van der Waals surface area (Å²) in [5.41, 5.74) is 7.26. The zero-order valence-corrected chi connectivity index (χ0v) is 20.9. The van der Waals surface area contributed by atoms with Gasteiger partial charge in [0.05, 0.1) is 28.4 Å². The van der Waals surface area contributed by atoms with Gasteiger partial charge in [0.15, 0.2) is 5.82 Å². The number of pyridine rings is 2. The molecule has 0 amide bonds. The van der Waals surface area contributed by atoms with E-state index in [0.29, 0.717) is 18.1 Å². The van der Waals surface area contributed by atoms with Crippen LogP contribution in [-0.4, -0.2) is 48.1 Å². The van der Waals surface area contributed by atoms with Crippen molar-refractivity contribution in [2.24, 2.45) is 0 Å². The van der Waals surface area contributed by atoms with Crippen molar-refractivity contribution in [3.05, 3.63) is 84.6 Å². The van der Waals surface area contributed by atoms with Crippen LogP contribution in [0.25, 0.3) is 55.8 Å². The van der Waals surface area contributed by atoms with Crippen molar-refractivity contribution in [1.29, 1.82) is 0 Å². The van der Waals surface area contributed by atoms with Gasteiger partial charge in [-0.1, -0.05) is 23.9 Å². The Balaban J connectivity index is 1.44. The van der Waals surface area contributed by atoms with E-state index >= 15 is 0 Å². The minimum absolute atomic E-state index is 0.304. The molecule has 0 aliphatic carbocycles. The van der Waals surface area contributed by atoms with Gasteiger partial charge in [-0.05, 0) is 59.8 Å². The zero-order chi connectivity index (χ0) is 25.6. The predicted molar refractivity (Wildman–Crippen MR) is 152 cm³/mol. The van der Waals surface area contributed by atoms with E-state index in [4.69, 9.17) is 4.98 Å². The molecule has 2 aromatic carbocycles. The molecule has 0 bridgehead atoms. The van der Waals surface area contributed by atoms with Crippen LogP contribution >= 0.6 is 9.39 Å². The third kappa shape index (κ3) is 4.62. The number of rotatable bonds is 6. The van der Waals surface area contributed by atoms with E-state index in [2.05, 4.69) is 41.6 Å². The second kappa shape index (κ2) is 8.95. The van der Waals surface area contributed by atoms with Crippen LogP contribution in [0.15, 0.2) is 73.2 Å². The van der Waals surface area contributed by atoms with Crippen LogP contribution in [0.1, 0.15) is 5.56 Å². The molecular formula is C28H24FN7S. The van der Waals surface area contributed by atoms with Gasteiger partial charge in [0.1, 0.15) is 11.5 Å². The van der Waals surface area contributed by atoms with Gasteiger partial charge in [-0.2, -0.15) is 14.5 Å². The Morgan fingerprint density at radius 2 is 1.84 bits per heavy atom. The minimum Gasteiger partial charge on any atom is -0.337 e. The number of H-pyrrole nitrogens is 2. The Morgan fingerprint density at radius 3 is 2.65 bits per heavy atom. The number of nitrogens with zero attached hydrogens (tertiary/aromatic N) is 4. The summed E-state index contributed by atoms with van der Waals surface area (Å²) in [5.74, 6) is 8.39. The fraction of sp³-hybridized carbons (Fsp3) is 0.0714. The van der Waals surface area contributed by atoms with Gasteiger partial charge in [0, 0.05) is 35.5 Å². The third-order valence-corrected chi connectivity index (χ3v) is 6.89. The third-order valence-electron chi connectivity index (χ3n) is 6.05. The maximum atomic E-state index is 14.6. The van der Waals surface area contributed by atoms with E-state index in [1.54, 1.807) is 18.6 Å². The Hall–Kier alpha value is -4.34. The van der Waals surface area contributed by atoms with E-state index in [0.717, 1.165) is 49.9 Å². The molecule has 0 aliphatic rings. The molecule has 0 saturated heterocycles. The van der Waals surface area contributed by atoms with Crippen molar-refractivity contribution in [2.75, 3.05) is 6.26 Å². The number of nitrogens with one attached hydrogen (secondary N) is 3. The van der Waals surface area contributed by atoms with Crippen LogP contribution in [0.2, 0.25) is 0 Å². The normalized spacial score (nSPS) is 11.9. The second-order valence-corrected chi connectivity index (χ2v) is 12.0. The molecule has 4 heterocycles. The molecule has 9 heteroatoms. The van der Waals surface area contributed by atoms with Gasteiger partial charge >= 0.3 is 0 Å². The quantitative estimate of drug-likeness (QED) is 0.251. The van der Waals surface area contributed by atoms with Gasteiger partial charge < -0.3 is 4.98 Å². The highest BCUT2D eigenvalue weighted by Crippen LogP contribution is 2.33. The minimum atomic E-state index is -1.42. The van der Waals surface area contributed by atoms with Gasteiger partial charge in [-0.3, -0.25) is 19.8 Å². The fourth-order valence-corrected chi connectivity index (χ4v) is 4.84. The lowest BCUT2D eigenvalue weighted by Crippen LogP contribution is -2.08. The van der Waals surface area contributed by atoms with Crippen LogP contribution in [0.4, 0.5) is 4.39 Å². The molecule has 0 radical (unpaired) electrons. The first-order valence-electron chi connectivity index (χ1n) is 11.6. The standard InChI is InChI=1S/C28H24FN7S/c1-37(2,3)32-15-17-11-19(13-20(29)12-17)21-5-4-6-23-26(21)34-28(33-23)27-22-14-24(18-7-9-30-10-8-18)31-16-25(22)35-36-27/h4-14,16,32H,1-2,15H2,3H3,(H,33,34)(H,35,36). The van der Waals surface area contributed by atoms with Crippen LogP contribution in [0.5, 0.6) is 0 Å². The average Bonchev–Trinajstić information content (AvgIpc) is 3.51. The summed E-state index contributed by atoms with van der Waals surface area (Å²) in [4.78, 5) is 16.9. The largest absolute Gasteiger partial charge is 0.337 e. The number of hydrogen-bond acceptors (Lipinski definition) is 5. The summed E-state index contributed by atoms with van der Waals surface area (Å²) in [6.45, 7) is 0.485. The molecule has 0 unspecified atom stereocenters. The SMILES string of the molecule is C=S(=C)(C)NCc1cc(F)cc(-c2cccc3[nH]c(-c4n[nH]c5cnc(-c6ccncc6)cc45)nc23)c1. The number of imidazole rings is 1. The maximum Gasteiger partial charge on any atom is 0.159 e. The number of benzene rings is 2. The Morgan fingerprint density at radius 1 is 1.00 bits per heavy atom. The summed E-state index contributed by atoms with van der Waals surface area (Å²) in [6, 6.07) is 16.7. The number of hydrogen-bond donors (Lipinski definition) is 3. The first-order valence-corrected chi connectivity index (χ1v) is 13.9. The number of halogens is 1. The summed E-state index contributed by atoms with van der Waals surface area (Å²) in [5, 5.41) is 8.47. The molecule has 0 atom stereocenters. The van der Waals surface area contributed by atoms with Crippen LogP contribution in [-0.2, 0) is 6.54 Å². The van der Waals surface area contributed by atoms with Crippen molar-refractivity contribution in [3.8, 4) is 33.9 Å². The molecule has 37 heavy (non-hydrogen) atoms. The van der Waals surface area contributed by atoms with Gasteiger partial charge in [-0.15, -0.1) is 0 Å². The average molecular weight is 510 g/mol. The molecule has 0 aliphatic heterocycles. The highest BCUT2D eigenvalue weighted by atomic mass is 32.2. The fourth-order valence-electron chi connectivity index (χ4n) is 4.32. The first kappa shape index (κ1) is 23.1. The van der Waals surface area contributed by atoms with Crippen LogP contribution in [0.3, 0.4) is 0 Å². The Kier molecular flexibility index (Phi) is 5.58. The topological polar surface area (TPSA) is 95.2 Å². The van der Waals surface area contributed by atoms with Crippen molar-refractivity contribution < 1.29 is 4.39 Å². The smallest absolute Gasteiger partial charge is 0.159 e. The summed E-state index contributed by atoms with van der Waals surface area (Å²) in [6.07, 6.45) is 7.20. The lowest BCUT2D eigenvalue weighted by molar-refractivity contribution is 0.625. The van der Waals surface area contributed by atoms with Crippen molar-refractivity contribution in [2.45, 2.75) is 6.54 Å². The number of aromatic nitrogens is 6. The molecule has 4 aromatic heterocycles. The van der Waals surface area contributed by atoms with E-state index in [9.17, 15) is 4.39 Å². The molecule has 3 N–H and O–H groups in total. The van der Waals surface area contributed by atoms with Crippen LogP contribution in [0, 0.1) is 5.82 Å². The highest BCUT2D eigenvalue weighted by molar-refractivity contribution is 8.25. The molecule has 7 nitrogen and oxygen atoms in total. The molecule has 184 valence electrons. The lowest BCUT2D eigenvalue weighted by Gasteiger charge is -2.12. The van der Waals surface area contributed by atoms with E-state index in [1.807, 2.05) is 48.7 Å². The monoisotopic (exact) mass is 509 g/mol. The molecule has 0 fully saturated rings. The van der Waals surface area contributed by atoms with E-state index in [1.165, 1.54) is 12.1 Å². The van der Waals surface area contributed by atoms with Gasteiger partial charge in [-0.25, -0.2) is 9.37 Å². The summed E-state index contributed by atoms with van der Waals surface area (Å²) in [7, 11) is -1.42. The maximum absolute atomic E-state index is 14.6. The Bertz CT molecular complexity index is 1870. The van der Waals surface area contributed by atoms with E-state index in [-0.39, 0.29) is 5.82 Å². The predicted octanol–water partition coefficient (Wildman–Crippen LogP) is 5.67. The molecular weight excluding hydrogens is 485 g/mol. The highest BCUT2D eigenvalue weighted by Gasteiger charge is 2.17. The van der Waals surface area contributed by atoms with Gasteiger partial charge in [0.25, 0.3) is 0 Å². The van der Waals surface area contributed by atoms with Crippen molar-refractivity contribution in [1.82, 2.24) is 34.9 Å². The Labute approximate surface area is 213 Å². The number of para-hydroxylation sites is 1. The van der Waals surface area contributed by atoms with E-state index < -0.39 is 9.39 Å². The number of aromatic amines is 2. The second-order valence-electron chi connectivity index (χ2n) is 9.15. The van der Waals surface area contributed by atoms with Crippen molar-refractivity contribution >= 4 is 43.1 Å². The molecule has 0 spiro atoms. The van der Waals surface area contributed by atoms with Gasteiger partial charge in [0.2, 0.25) is 0 Å². The summed E-state index contributed by atoms with van der Waals surface area (Å²) < 4.78 is 17.9. The van der Waals surface area contributed by atoms with Crippen LogP contribution < -0.4 is 4.72 Å². The molecule has 0 saturated carbocycles. The lowest BCUT2D eigenvalue weighted by atomic mass is 10.0. The zero-order valence-electron chi connectivity index (χ0n) is 20.1. The molecule has 6 aromatic rings. The summed E-state index contributed by atoms with van der Waals surface area (Å²) >= 11 is 0. The number of fused-ring (bicyclic) bond motifs is 2. The first-order chi connectivity index (χ1) is 17.8. The van der Waals surface area contributed by atoms with Crippen molar-refractivity contribution in [3.63, 3.8) is 0 Å².